The van der Waals surface area contributed by atoms with E-state index >= 15 is 0 Å². The van der Waals surface area contributed by atoms with Crippen molar-refractivity contribution in [2.75, 3.05) is 11.9 Å². The number of halogens is 1. The number of anilines is 1. The summed E-state index contributed by atoms with van der Waals surface area (Å²) in [6.45, 7) is 1.95. The van der Waals surface area contributed by atoms with Gasteiger partial charge in [-0.2, -0.15) is 0 Å². The van der Waals surface area contributed by atoms with Gasteiger partial charge >= 0.3 is 5.97 Å². The number of ether oxygens (including phenoxy) is 1. The van der Waals surface area contributed by atoms with Crippen LogP contribution in [0, 0.1) is 0 Å². The molecule has 0 aliphatic carbocycles. The average Bonchev–Trinajstić information content (AvgIpc) is 2.60. The molecule has 5 nitrogen and oxygen atoms in total. The van der Waals surface area contributed by atoms with Gasteiger partial charge in [-0.25, -0.2) is 4.79 Å². The van der Waals surface area contributed by atoms with Gasteiger partial charge in [0, 0.05) is 18.4 Å². The topological polar surface area (TPSA) is 72.5 Å². The third-order valence-corrected chi connectivity index (χ3v) is 3.78. The first kappa shape index (κ1) is 18.7. The summed E-state index contributed by atoms with van der Waals surface area (Å²) in [7, 11) is 0. The third kappa shape index (κ3) is 5.16. The number of ketones is 1. The molecule has 0 aliphatic heterocycles. The van der Waals surface area contributed by atoms with Crippen LogP contribution < -0.4 is 5.32 Å². The molecule has 0 unspecified atom stereocenters. The van der Waals surface area contributed by atoms with Crippen molar-refractivity contribution in [1.29, 1.82) is 0 Å². The smallest absolute Gasteiger partial charge is 0.340 e. The molecule has 2 aromatic carbocycles. The minimum absolute atomic E-state index is 0.0127. The van der Waals surface area contributed by atoms with E-state index < -0.39 is 5.97 Å². The zero-order chi connectivity index (χ0) is 18.2. The van der Waals surface area contributed by atoms with Gasteiger partial charge in [-0.3, -0.25) is 9.59 Å². The van der Waals surface area contributed by atoms with E-state index in [1.807, 2.05) is 0 Å². The van der Waals surface area contributed by atoms with Crippen LogP contribution in [0.1, 0.15) is 40.5 Å². The highest BCUT2D eigenvalue weighted by molar-refractivity contribution is 6.34. The van der Waals surface area contributed by atoms with Crippen LogP contribution in [0.15, 0.2) is 48.5 Å². The number of rotatable bonds is 7. The lowest BCUT2D eigenvalue weighted by molar-refractivity contribution is -0.116. The maximum atomic E-state index is 12.1. The number of benzene rings is 2. The Bertz CT molecular complexity index is 788. The van der Waals surface area contributed by atoms with Crippen molar-refractivity contribution in [1.82, 2.24) is 0 Å². The Morgan fingerprint density at radius 3 is 2.28 bits per heavy atom. The number of carbonyl (C=O) groups excluding carboxylic acids is 3. The molecular formula is C19H18ClNO4. The van der Waals surface area contributed by atoms with Gasteiger partial charge in [0.2, 0.25) is 5.91 Å². The predicted molar refractivity (Wildman–Crippen MR) is 96.0 cm³/mol. The minimum atomic E-state index is -0.509. The number of hydrogen-bond donors (Lipinski definition) is 1. The van der Waals surface area contributed by atoms with Crippen molar-refractivity contribution in [3.63, 3.8) is 0 Å². The summed E-state index contributed by atoms with van der Waals surface area (Å²) in [5.41, 5.74) is 1.02. The van der Waals surface area contributed by atoms with Crippen LogP contribution in [0.3, 0.4) is 0 Å². The first-order chi connectivity index (χ1) is 12.0. The fourth-order valence-electron chi connectivity index (χ4n) is 2.24. The summed E-state index contributed by atoms with van der Waals surface area (Å²) in [5, 5.41) is 3.01. The second-order valence-corrected chi connectivity index (χ2v) is 5.62. The Labute approximate surface area is 150 Å². The molecule has 130 valence electrons. The number of amides is 1. The van der Waals surface area contributed by atoms with Gasteiger partial charge in [-0.1, -0.05) is 35.9 Å². The summed E-state index contributed by atoms with van der Waals surface area (Å²) in [6.07, 6.45) is 0.0123. The lowest BCUT2D eigenvalue weighted by atomic mass is 10.1. The van der Waals surface area contributed by atoms with Crippen molar-refractivity contribution in [3.05, 3.63) is 64.7 Å². The van der Waals surface area contributed by atoms with Gasteiger partial charge in [-0.15, -0.1) is 0 Å². The molecule has 1 amide bonds. The average molecular weight is 360 g/mol. The van der Waals surface area contributed by atoms with Crippen LogP contribution in [0.2, 0.25) is 5.02 Å². The molecule has 2 rings (SSSR count). The van der Waals surface area contributed by atoms with Crippen molar-refractivity contribution in [2.45, 2.75) is 19.8 Å². The number of carbonyl (C=O) groups is 3. The van der Waals surface area contributed by atoms with Crippen LogP contribution in [0.25, 0.3) is 0 Å². The van der Waals surface area contributed by atoms with E-state index in [1.165, 1.54) is 0 Å². The van der Waals surface area contributed by atoms with E-state index in [-0.39, 0.29) is 36.7 Å². The fraction of sp³-hybridized carbons (Fsp3) is 0.211. The molecule has 0 fully saturated rings. The zero-order valence-electron chi connectivity index (χ0n) is 13.8. The third-order valence-electron chi connectivity index (χ3n) is 3.45. The van der Waals surface area contributed by atoms with Crippen LogP contribution in [-0.2, 0) is 9.53 Å². The monoisotopic (exact) mass is 359 g/mol. The van der Waals surface area contributed by atoms with Gasteiger partial charge in [0.05, 0.1) is 22.9 Å². The normalized spacial score (nSPS) is 10.2. The highest BCUT2D eigenvalue weighted by Crippen LogP contribution is 2.19. The number of para-hydroxylation sites is 1. The maximum absolute atomic E-state index is 12.1. The van der Waals surface area contributed by atoms with E-state index in [4.69, 9.17) is 16.3 Å². The SMILES string of the molecule is CCOC(=O)c1ccccc1NC(=O)CCC(=O)c1ccccc1Cl. The molecule has 0 radical (unpaired) electrons. The Morgan fingerprint density at radius 2 is 1.60 bits per heavy atom. The zero-order valence-corrected chi connectivity index (χ0v) is 14.5. The molecule has 0 atom stereocenters. The van der Waals surface area contributed by atoms with Crippen molar-refractivity contribution >= 4 is 34.9 Å². The Balaban J connectivity index is 1.98. The van der Waals surface area contributed by atoms with Crippen molar-refractivity contribution in [2.24, 2.45) is 0 Å². The fourth-order valence-corrected chi connectivity index (χ4v) is 2.48. The molecule has 0 bridgehead atoms. The van der Waals surface area contributed by atoms with Crippen LogP contribution in [0.5, 0.6) is 0 Å². The first-order valence-corrected chi connectivity index (χ1v) is 8.24. The molecule has 2 aromatic rings. The maximum Gasteiger partial charge on any atom is 0.340 e. The molecule has 0 heterocycles. The number of Topliss-reactive ketones (excluding diaryl/α,β-unsaturated/α-hetero) is 1. The first-order valence-electron chi connectivity index (χ1n) is 7.86. The lowest BCUT2D eigenvalue weighted by Crippen LogP contribution is -2.16. The van der Waals surface area contributed by atoms with Crippen molar-refractivity contribution < 1.29 is 19.1 Å². The molecular weight excluding hydrogens is 342 g/mol. The summed E-state index contributed by atoms with van der Waals surface area (Å²) < 4.78 is 4.96. The molecule has 0 saturated carbocycles. The Hall–Kier alpha value is -2.66. The van der Waals surface area contributed by atoms with E-state index in [0.29, 0.717) is 16.3 Å². The summed E-state index contributed by atoms with van der Waals surface area (Å²) in [5.74, 6) is -1.08. The number of hydrogen-bond acceptors (Lipinski definition) is 4. The minimum Gasteiger partial charge on any atom is -0.462 e. The van der Waals surface area contributed by atoms with Crippen LogP contribution in [-0.4, -0.2) is 24.3 Å². The Kier molecular flexibility index (Phi) is 6.71. The largest absolute Gasteiger partial charge is 0.462 e. The molecule has 0 aliphatic rings. The quantitative estimate of drug-likeness (QED) is 0.596. The van der Waals surface area contributed by atoms with E-state index in [1.54, 1.807) is 55.5 Å². The second-order valence-electron chi connectivity index (χ2n) is 5.22. The second kappa shape index (κ2) is 8.99. The van der Waals surface area contributed by atoms with Crippen LogP contribution in [0.4, 0.5) is 5.69 Å². The van der Waals surface area contributed by atoms with E-state index in [2.05, 4.69) is 5.32 Å². The van der Waals surface area contributed by atoms with Gasteiger partial charge < -0.3 is 10.1 Å². The summed E-state index contributed by atoms with van der Waals surface area (Å²) in [6, 6.07) is 13.3. The van der Waals surface area contributed by atoms with Gasteiger partial charge in [0.25, 0.3) is 0 Å². The highest BCUT2D eigenvalue weighted by Gasteiger charge is 2.16. The number of esters is 1. The number of nitrogens with one attached hydrogen (secondary N) is 1. The van der Waals surface area contributed by atoms with Gasteiger partial charge in [-0.05, 0) is 31.2 Å². The van der Waals surface area contributed by atoms with E-state index in [0.717, 1.165) is 0 Å². The standard InChI is InChI=1S/C19H18ClNO4/c1-2-25-19(24)14-8-4-6-10-16(14)21-18(23)12-11-17(22)13-7-3-5-9-15(13)20/h3-10H,2,11-12H2,1H3,(H,21,23). The highest BCUT2D eigenvalue weighted by atomic mass is 35.5. The Morgan fingerprint density at radius 1 is 0.960 bits per heavy atom. The molecule has 0 saturated heterocycles. The lowest BCUT2D eigenvalue weighted by Gasteiger charge is -2.10. The molecule has 1 N–H and O–H groups in total. The summed E-state index contributed by atoms with van der Waals surface area (Å²) >= 11 is 5.98. The predicted octanol–water partition coefficient (Wildman–Crippen LogP) is 4.12. The van der Waals surface area contributed by atoms with Gasteiger partial charge in [0.15, 0.2) is 5.78 Å². The van der Waals surface area contributed by atoms with Crippen molar-refractivity contribution in [3.8, 4) is 0 Å². The molecule has 25 heavy (non-hydrogen) atoms. The van der Waals surface area contributed by atoms with Crippen LogP contribution >= 0.6 is 11.6 Å². The molecule has 0 aromatic heterocycles. The molecule has 6 heteroatoms. The summed E-state index contributed by atoms with van der Waals surface area (Å²) in [4.78, 5) is 36.2. The van der Waals surface area contributed by atoms with E-state index in [9.17, 15) is 14.4 Å². The van der Waals surface area contributed by atoms with Gasteiger partial charge in [0.1, 0.15) is 0 Å². The molecule has 0 spiro atoms.